The van der Waals surface area contributed by atoms with Crippen LogP contribution in [0.4, 0.5) is 0 Å². The van der Waals surface area contributed by atoms with Gasteiger partial charge in [-0.2, -0.15) is 0 Å². The number of amides is 2. The number of rotatable bonds is 5. The lowest BCUT2D eigenvalue weighted by Gasteiger charge is -2.32. The Morgan fingerprint density at radius 3 is 2.61 bits per heavy atom. The summed E-state index contributed by atoms with van der Waals surface area (Å²) in [5, 5.41) is 2.88. The summed E-state index contributed by atoms with van der Waals surface area (Å²) in [6, 6.07) is 0.0195. The zero-order valence-electron chi connectivity index (χ0n) is 13.0. The number of carbonyl (C=O) groups excluding carboxylic acids is 3. The Balaban J connectivity index is 1.74. The summed E-state index contributed by atoms with van der Waals surface area (Å²) in [7, 11) is 1.30. The molecule has 1 N–H and O–H groups in total. The molecular weight excluding hydrogens is 300 g/mol. The Morgan fingerprint density at radius 1 is 1.26 bits per heavy atom. The van der Waals surface area contributed by atoms with Gasteiger partial charge in [0, 0.05) is 37.9 Å². The molecule has 23 heavy (non-hydrogen) atoms. The second kappa shape index (κ2) is 8.21. The lowest BCUT2D eigenvalue weighted by Crippen LogP contribution is -2.46. The summed E-state index contributed by atoms with van der Waals surface area (Å²) in [5.74, 6) is -0.716. The minimum Gasteiger partial charge on any atom is -0.469 e. The third-order valence-electron chi connectivity index (χ3n) is 3.71. The Morgan fingerprint density at radius 2 is 2.00 bits per heavy atom. The van der Waals surface area contributed by atoms with Crippen LogP contribution >= 0.6 is 0 Å². The van der Waals surface area contributed by atoms with Crippen molar-refractivity contribution in [2.24, 2.45) is 0 Å². The minimum atomic E-state index is -0.399. The van der Waals surface area contributed by atoms with Crippen molar-refractivity contribution in [3.8, 4) is 0 Å². The predicted octanol–water partition coefficient (Wildman–Crippen LogP) is 0.151. The standard InChI is InChI=1S/C15H20N4O4/c1-23-14(21)3-2-13(20)18-11-4-8-19(9-5-11)15(22)12-10-16-6-7-17-12/h6-7,10-11H,2-5,8-9H2,1H3,(H,18,20). The molecule has 124 valence electrons. The smallest absolute Gasteiger partial charge is 0.306 e. The van der Waals surface area contributed by atoms with Gasteiger partial charge in [-0.1, -0.05) is 0 Å². The van der Waals surface area contributed by atoms with Crippen molar-refractivity contribution in [2.45, 2.75) is 31.7 Å². The zero-order valence-corrected chi connectivity index (χ0v) is 13.0. The topological polar surface area (TPSA) is 101 Å². The predicted molar refractivity (Wildman–Crippen MR) is 80.4 cm³/mol. The van der Waals surface area contributed by atoms with Crippen LogP contribution in [0.5, 0.6) is 0 Å². The summed E-state index contributed by atoms with van der Waals surface area (Å²) in [6.45, 7) is 1.11. The van der Waals surface area contributed by atoms with Gasteiger partial charge < -0.3 is 15.0 Å². The summed E-state index contributed by atoms with van der Waals surface area (Å²) in [4.78, 5) is 44.6. The van der Waals surface area contributed by atoms with Gasteiger partial charge in [-0.15, -0.1) is 0 Å². The Bertz CT molecular complexity index is 556. The number of hydrogen-bond acceptors (Lipinski definition) is 6. The van der Waals surface area contributed by atoms with Crippen molar-refractivity contribution in [2.75, 3.05) is 20.2 Å². The Hall–Kier alpha value is -2.51. The van der Waals surface area contributed by atoms with Crippen LogP contribution in [-0.2, 0) is 14.3 Å². The fourth-order valence-electron chi connectivity index (χ4n) is 2.42. The molecule has 8 heteroatoms. The number of aromatic nitrogens is 2. The quantitative estimate of drug-likeness (QED) is 0.775. The SMILES string of the molecule is COC(=O)CCC(=O)NC1CCN(C(=O)c2cnccn2)CC1. The molecule has 2 rings (SSSR count). The Labute approximate surface area is 134 Å². The molecule has 2 amide bonds. The van der Waals surface area contributed by atoms with Gasteiger partial charge in [-0.25, -0.2) is 4.98 Å². The maximum absolute atomic E-state index is 12.2. The fraction of sp³-hybridized carbons (Fsp3) is 0.533. The highest BCUT2D eigenvalue weighted by atomic mass is 16.5. The number of carbonyl (C=O) groups is 3. The van der Waals surface area contributed by atoms with Crippen LogP contribution in [0.15, 0.2) is 18.6 Å². The van der Waals surface area contributed by atoms with E-state index >= 15 is 0 Å². The first-order valence-corrected chi connectivity index (χ1v) is 7.51. The average molecular weight is 320 g/mol. The highest BCUT2D eigenvalue weighted by Gasteiger charge is 2.25. The molecule has 0 bridgehead atoms. The van der Waals surface area contributed by atoms with Gasteiger partial charge in [0.2, 0.25) is 5.91 Å². The molecule has 1 aliphatic rings. The van der Waals surface area contributed by atoms with E-state index < -0.39 is 5.97 Å². The molecule has 1 aromatic rings. The van der Waals surface area contributed by atoms with E-state index in [0.29, 0.717) is 31.6 Å². The van der Waals surface area contributed by atoms with Crippen molar-refractivity contribution in [3.63, 3.8) is 0 Å². The normalized spacial score (nSPS) is 15.1. The van der Waals surface area contributed by atoms with Crippen LogP contribution in [0.25, 0.3) is 0 Å². The number of ether oxygens (including phenoxy) is 1. The average Bonchev–Trinajstić information content (AvgIpc) is 2.60. The minimum absolute atomic E-state index is 0.0195. The molecule has 8 nitrogen and oxygen atoms in total. The molecule has 1 aromatic heterocycles. The van der Waals surface area contributed by atoms with Gasteiger partial charge in [-0.3, -0.25) is 19.4 Å². The van der Waals surface area contributed by atoms with E-state index in [1.54, 1.807) is 4.90 Å². The van der Waals surface area contributed by atoms with Crippen molar-refractivity contribution in [1.82, 2.24) is 20.2 Å². The van der Waals surface area contributed by atoms with Gasteiger partial charge in [0.25, 0.3) is 5.91 Å². The second-order valence-electron chi connectivity index (χ2n) is 5.30. The molecule has 0 spiro atoms. The van der Waals surface area contributed by atoms with Crippen molar-refractivity contribution in [1.29, 1.82) is 0 Å². The maximum Gasteiger partial charge on any atom is 0.306 e. The second-order valence-corrected chi connectivity index (χ2v) is 5.30. The molecule has 1 fully saturated rings. The first-order chi connectivity index (χ1) is 11.1. The van der Waals surface area contributed by atoms with Gasteiger partial charge in [0.05, 0.1) is 19.7 Å². The molecule has 0 radical (unpaired) electrons. The number of esters is 1. The number of likely N-dealkylation sites (tertiary alicyclic amines) is 1. The van der Waals surface area contributed by atoms with Crippen LogP contribution in [-0.4, -0.2) is 58.9 Å². The molecule has 0 aliphatic carbocycles. The summed E-state index contributed by atoms with van der Waals surface area (Å²) < 4.78 is 4.50. The highest BCUT2D eigenvalue weighted by molar-refractivity contribution is 5.92. The third kappa shape index (κ3) is 5.01. The van der Waals surface area contributed by atoms with Gasteiger partial charge in [0.15, 0.2) is 0 Å². The lowest BCUT2D eigenvalue weighted by atomic mass is 10.0. The molecule has 1 aliphatic heterocycles. The maximum atomic E-state index is 12.2. The number of methoxy groups -OCH3 is 1. The molecule has 0 unspecified atom stereocenters. The number of nitrogens with zero attached hydrogens (tertiary/aromatic N) is 3. The van der Waals surface area contributed by atoms with Gasteiger partial charge >= 0.3 is 5.97 Å². The van der Waals surface area contributed by atoms with Crippen LogP contribution in [0.2, 0.25) is 0 Å². The van der Waals surface area contributed by atoms with Crippen molar-refractivity contribution in [3.05, 3.63) is 24.3 Å². The van der Waals surface area contributed by atoms with E-state index in [0.717, 1.165) is 0 Å². The van der Waals surface area contributed by atoms with E-state index in [9.17, 15) is 14.4 Å². The van der Waals surface area contributed by atoms with Crippen LogP contribution < -0.4 is 5.32 Å². The molecule has 0 saturated carbocycles. The van der Waals surface area contributed by atoms with Gasteiger partial charge in [0.1, 0.15) is 5.69 Å². The zero-order chi connectivity index (χ0) is 16.7. The summed E-state index contributed by atoms with van der Waals surface area (Å²) in [5.41, 5.74) is 0.327. The van der Waals surface area contributed by atoms with Gasteiger partial charge in [-0.05, 0) is 12.8 Å². The summed E-state index contributed by atoms with van der Waals surface area (Å²) >= 11 is 0. The summed E-state index contributed by atoms with van der Waals surface area (Å²) in [6.07, 6.45) is 6.00. The Kier molecular flexibility index (Phi) is 6.02. The van der Waals surface area contributed by atoms with Crippen LogP contribution in [0.1, 0.15) is 36.2 Å². The number of hydrogen-bond donors (Lipinski definition) is 1. The molecule has 0 atom stereocenters. The largest absolute Gasteiger partial charge is 0.469 e. The lowest BCUT2D eigenvalue weighted by molar-refractivity contribution is -0.142. The first-order valence-electron chi connectivity index (χ1n) is 7.51. The highest BCUT2D eigenvalue weighted by Crippen LogP contribution is 2.13. The van der Waals surface area contributed by atoms with E-state index in [-0.39, 0.29) is 30.7 Å². The van der Waals surface area contributed by atoms with Crippen molar-refractivity contribution < 1.29 is 19.1 Å². The molecular formula is C15H20N4O4. The van der Waals surface area contributed by atoms with E-state index in [4.69, 9.17) is 0 Å². The number of piperidine rings is 1. The first kappa shape index (κ1) is 16.9. The third-order valence-corrected chi connectivity index (χ3v) is 3.71. The van der Waals surface area contributed by atoms with E-state index in [2.05, 4.69) is 20.0 Å². The van der Waals surface area contributed by atoms with E-state index in [1.165, 1.54) is 25.7 Å². The monoisotopic (exact) mass is 320 g/mol. The van der Waals surface area contributed by atoms with Crippen molar-refractivity contribution >= 4 is 17.8 Å². The van der Waals surface area contributed by atoms with Crippen LogP contribution in [0.3, 0.4) is 0 Å². The molecule has 2 heterocycles. The van der Waals surface area contributed by atoms with Crippen LogP contribution in [0, 0.1) is 0 Å². The van der Waals surface area contributed by atoms with E-state index in [1.807, 2.05) is 0 Å². The molecule has 1 saturated heterocycles. The fourth-order valence-corrected chi connectivity index (χ4v) is 2.42. The molecule has 0 aromatic carbocycles. The number of nitrogens with one attached hydrogen (secondary N) is 1.